The maximum absolute atomic E-state index is 4.73. The van der Waals surface area contributed by atoms with Gasteiger partial charge in [0.05, 0.1) is 6.04 Å². The van der Waals surface area contributed by atoms with Crippen LogP contribution in [0.15, 0.2) is 70.6 Å². The summed E-state index contributed by atoms with van der Waals surface area (Å²) in [4.78, 5) is 9.19. The minimum atomic E-state index is 0.137. The van der Waals surface area contributed by atoms with Crippen molar-refractivity contribution in [3.8, 4) is 0 Å². The molecule has 2 heteroatoms. The molecule has 3 rings (SSSR count). The Hall–Kier alpha value is -2.22. The highest BCUT2D eigenvalue weighted by atomic mass is 15.0. The molecule has 0 bridgehead atoms. The van der Waals surface area contributed by atoms with Crippen molar-refractivity contribution < 1.29 is 0 Å². The van der Waals surface area contributed by atoms with E-state index < -0.39 is 0 Å². The number of aliphatic imine (C=N–C) groups is 2. The van der Waals surface area contributed by atoms with E-state index in [0.29, 0.717) is 5.92 Å². The van der Waals surface area contributed by atoms with Gasteiger partial charge in [-0.15, -0.1) is 0 Å². The van der Waals surface area contributed by atoms with Crippen molar-refractivity contribution in [2.24, 2.45) is 9.98 Å². The molecule has 0 saturated heterocycles. The van der Waals surface area contributed by atoms with Crippen molar-refractivity contribution in [3.63, 3.8) is 0 Å². The maximum atomic E-state index is 4.73. The average Bonchev–Trinajstić information content (AvgIpc) is 2.98. The number of hydrogen-bond donors (Lipinski definition) is 0. The molecule has 1 aliphatic heterocycles. The molecule has 0 aromatic heterocycles. The first-order valence-electron chi connectivity index (χ1n) is 6.57. The third kappa shape index (κ3) is 2.48. The van der Waals surface area contributed by atoms with Crippen molar-refractivity contribution >= 4 is 12.1 Å². The van der Waals surface area contributed by atoms with Gasteiger partial charge in [0.1, 0.15) is 0 Å². The zero-order valence-electron chi connectivity index (χ0n) is 10.9. The minimum Gasteiger partial charge on any atom is -0.256 e. The molecule has 2 aromatic rings. The van der Waals surface area contributed by atoms with Gasteiger partial charge in [-0.2, -0.15) is 0 Å². The molecule has 1 heterocycles. The monoisotopic (exact) mass is 248 g/mol. The van der Waals surface area contributed by atoms with Crippen LogP contribution in [-0.2, 0) is 0 Å². The fourth-order valence-corrected chi connectivity index (χ4v) is 2.29. The lowest BCUT2D eigenvalue weighted by Gasteiger charge is -2.14. The third-order valence-electron chi connectivity index (χ3n) is 3.49. The molecule has 0 saturated carbocycles. The second kappa shape index (κ2) is 5.19. The summed E-state index contributed by atoms with van der Waals surface area (Å²) in [6, 6.07) is 20.7. The fourth-order valence-electron chi connectivity index (χ4n) is 2.29. The second-order valence-electron chi connectivity index (χ2n) is 4.79. The van der Waals surface area contributed by atoms with Gasteiger partial charge in [-0.25, -0.2) is 4.99 Å². The van der Waals surface area contributed by atoms with E-state index in [1.807, 2.05) is 42.6 Å². The highest BCUT2D eigenvalue weighted by Gasteiger charge is 2.21. The van der Waals surface area contributed by atoms with Crippen LogP contribution in [0.25, 0.3) is 0 Å². The van der Waals surface area contributed by atoms with Gasteiger partial charge in [0, 0.05) is 17.7 Å². The van der Waals surface area contributed by atoms with Crippen molar-refractivity contribution in [2.75, 3.05) is 0 Å². The van der Waals surface area contributed by atoms with E-state index in [9.17, 15) is 0 Å². The van der Waals surface area contributed by atoms with Gasteiger partial charge in [-0.1, -0.05) is 67.6 Å². The molecule has 0 N–H and O–H groups in total. The molecule has 19 heavy (non-hydrogen) atoms. The van der Waals surface area contributed by atoms with Gasteiger partial charge >= 0.3 is 0 Å². The molecule has 2 aromatic carbocycles. The van der Waals surface area contributed by atoms with E-state index in [-0.39, 0.29) is 6.04 Å². The third-order valence-corrected chi connectivity index (χ3v) is 3.49. The summed E-state index contributed by atoms with van der Waals surface area (Å²) in [6.07, 6.45) is 1.96. The molecule has 2 unspecified atom stereocenters. The van der Waals surface area contributed by atoms with E-state index in [1.165, 1.54) is 5.56 Å². The van der Waals surface area contributed by atoms with Gasteiger partial charge in [0.2, 0.25) is 0 Å². The van der Waals surface area contributed by atoms with E-state index >= 15 is 0 Å². The SMILES string of the molecule is CC(c1ccccc1)C1C=NC(c2ccccc2)=N1. The minimum absolute atomic E-state index is 0.137. The standard InChI is InChI=1S/C17H16N2/c1-13(14-8-4-2-5-9-14)16-12-18-17(19-16)15-10-6-3-7-11-15/h2-13,16H,1H3. The quantitative estimate of drug-likeness (QED) is 0.791. The smallest absolute Gasteiger partial charge is 0.154 e. The summed E-state index contributed by atoms with van der Waals surface area (Å²) in [7, 11) is 0. The predicted molar refractivity (Wildman–Crippen MR) is 80.1 cm³/mol. The zero-order valence-corrected chi connectivity index (χ0v) is 10.9. The summed E-state index contributed by atoms with van der Waals surface area (Å²) in [6.45, 7) is 2.20. The van der Waals surface area contributed by atoms with Crippen LogP contribution < -0.4 is 0 Å². The van der Waals surface area contributed by atoms with Crippen LogP contribution in [-0.4, -0.2) is 18.1 Å². The van der Waals surface area contributed by atoms with Crippen LogP contribution in [0.2, 0.25) is 0 Å². The highest BCUT2D eigenvalue weighted by Crippen LogP contribution is 2.23. The van der Waals surface area contributed by atoms with Gasteiger partial charge in [0.25, 0.3) is 0 Å². The molecule has 0 amide bonds. The lowest BCUT2D eigenvalue weighted by Crippen LogP contribution is -2.13. The molecular weight excluding hydrogens is 232 g/mol. The average molecular weight is 248 g/mol. The van der Waals surface area contributed by atoms with Crippen LogP contribution in [0.4, 0.5) is 0 Å². The van der Waals surface area contributed by atoms with Crippen molar-refractivity contribution in [1.82, 2.24) is 0 Å². The number of amidine groups is 1. The molecule has 2 nitrogen and oxygen atoms in total. The summed E-state index contributed by atoms with van der Waals surface area (Å²) in [5.74, 6) is 1.19. The summed E-state index contributed by atoms with van der Waals surface area (Å²) in [5.41, 5.74) is 2.39. The Balaban J connectivity index is 1.83. The topological polar surface area (TPSA) is 24.7 Å². The first-order chi connectivity index (χ1) is 9.34. The summed E-state index contributed by atoms with van der Waals surface area (Å²) in [5, 5.41) is 0. The van der Waals surface area contributed by atoms with E-state index in [1.54, 1.807) is 0 Å². The molecule has 2 atom stereocenters. The van der Waals surface area contributed by atoms with Crippen molar-refractivity contribution in [2.45, 2.75) is 18.9 Å². The van der Waals surface area contributed by atoms with Crippen molar-refractivity contribution in [1.29, 1.82) is 0 Å². The van der Waals surface area contributed by atoms with E-state index in [4.69, 9.17) is 4.99 Å². The van der Waals surface area contributed by atoms with Gasteiger partial charge in [-0.3, -0.25) is 4.99 Å². The normalized spacial score (nSPS) is 19.2. The van der Waals surface area contributed by atoms with Gasteiger partial charge < -0.3 is 0 Å². The van der Waals surface area contributed by atoms with Crippen LogP contribution in [0.5, 0.6) is 0 Å². The number of hydrogen-bond acceptors (Lipinski definition) is 2. The Kier molecular flexibility index (Phi) is 3.23. The number of benzene rings is 2. The van der Waals surface area contributed by atoms with Crippen LogP contribution >= 0.6 is 0 Å². The first-order valence-corrected chi connectivity index (χ1v) is 6.57. The number of nitrogens with zero attached hydrogens (tertiary/aromatic N) is 2. The second-order valence-corrected chi connectivity index (χ2v) is 4.79. The van der Waals surface area contributed by atoms with Gasteiger partial charge in [-0.05, 0) is 5.56 Å². The Morgan fingerprint density at radius 3 is 2.21 bits per heavy atom. The lowest BCUT2D eigenvalue weighted by atomic mass is 9.95. The van der Waals surface area contributed by atoms with E-state index in [0.717, 1.165) is 11.4 Å². The Labute approximate surface area is 113 Å². The Bertz CT molecular complexity index is 600. The maximum Gasteiger partial charge on any atom is 0.154 e. The van der Waals surface area contributed by atoms with Crippen LogP contribution in [0.3, 0.4) is 0 Å². The predicted octanol–water partition coefficient (Wildman–Crippen LogP) is 3.69. The van der Waals surface area contributed by atoms with E-state index in [2.05, 4.69) is 36.2 Å². The first kappa shape index (κ1) is 11.8. The summed E-state index contributed by atoms with van der Waals surface area (Å²) < 4.78 is 0. The zero-order chi connectivity index (χ0) is 13.1. The molecule has 1 aliphatic rings. The fraction of sp³-hybridized carbons (Fsp3) is 0.176. The molecule has 94 valence electrons. The largest absolute Gasteiger partial charge is 0.256 e. The molecule has 0 aliphatic carbocycles. The van der Waals surface area contributed by atoms with Crippen LogP contribution in [0, 0.1) is 0 Å². The Morgan fingerprint density at radius 2 is 1.53 bits per heavy atom. The molecule has 0 fully saturated rings. The van der Waals surface area contributed by atoms with Crippen LogP contribution in [0.1, 0.15) is 24.0 Å². The molecule has 0 spiro atoms. The molecule has 0 radical (unpaired) electrons. The highest BCUT2D eigenvalue weighted by molar-refractivity contribution is 6.07. The summed E-state index contributed by atoms with van der Waals surface area (Å²) >= 11 is 0. The Morgan fingerprint density at radius 1 is 0.895 bits per heavy atom. The van der Waals surface area contributed by atoms with Gasteiger partial charge in [0.15, 0.2) is 5.84 Å². The van der Waals surface area contributed by atoms with Crippen molar-refractivity contribution in [3.05, 3.63) is 71.8 Å². The molecular formula is C17H16N2. The number of rotatable bonds is 3. The lowest BCUT2D eigenvalue weighted by molar-refractivity contribution is 0.711.